The monoisotopic (exact) mass is 563 g/mol. The zero-order valence-electron chi connectivity index (χ0n) is 25.6. The minimum Gasteiger partial charge on any atom is -0.491 e. The lowest BCUT2D eigenvalue weighted by Gasteiger charge is -2.49. The van der Waals surface area contributed by atoms with Crippen LogP contribution in [0.1, 0.15) is 54.4 Å². The van der Waals surface area contributed by atoms with E-state index in [1.165, 1.54) is 0 Å². The number of aliphatic hydroxyl groups is 1. The van der Waals surface area contributed by atoms with Gasteiger partial charge in [-0.05, 0) is 52.2 Å². The van der Waals surface area contributed by atoms with E-state index in [4.69, 9.17) is 20.9 Å². The Morgan fingerprint density at radius 2 is 1.85 bits per heavy atom. The fraction of sp³-hybridized carbons (Fsp3) is 0.733. The number of benzene rings is 1. The number of nitrogens with one attached hydrogen (secondary N) is 1. The van der Waals surface area contributed by atoms with Crippen molar-refractivity contribution in [2.45, 2.75) is 72.1 Å². The topological polar surface area (TPSA) is 143 Å². The molecular formula is C30H53N5O5. The fourth-order valence-corrected chi connectivity index (χ4v) is 4.98. The first kappa shape index (κ1) is 33.8. The number of primary amides is 1. The minimum atomic E-state index is -0.851. The molecule has 0 spiro atoms. The van der Waals surface area contributed by atoms with E-state index >= 15 is 0 Å². The number of rotatable bonds is 16. The molecule has 1 aliphatic heterocycles. The summed E-state index contributed by atoms with van der Waals surface area (Å²) in [6.07, 6.45) is 0.225. The third-order valence-corrected chi connectivity index (χ3v) is 7.96. The SMILES string of the molecule is COCCCOc1ccccc1N1CCN(C[C@H](N)[C@@H](O)C[C@H](C(=O)NCC(C)(C)C(N)=O)C(C)C)C(C)(C)C1. The number of carbonyl (C=O) groups excluding carboxylic acids is 2. The van der Waals surface area contributed by atoms with Gasteiger partial charge < -0.3 is 36.3 Å². The van der Waals surface area contributed by atoms with E-state index in [-0.39, 0.29) is 30.3 Å². The number of ether oxygens (including phenoxy) is 2. The van der Waals surface area contributed by atoms with Crippen LogP contribution in [0.2, 0.25) is 0 Å². The Morgan fingerprint density at radius 1 is 1.18 bits per heavy atom. The number of carbonyl (C=O) groups is 2. The zero-order valence-corrected chi connectivity index (χ0v) is 25.6. The van der Waals surface area contributed by atoms with E-state index in [0.29, 0.717) is 19.8 Å². The number of nitrogens with zero attached hydrogens (tertiary/aromatic N) is 2. The molecule has 1 aliphatic rings. The molecule has 1 aromatic carbocycles. The molecule has 1 fully saturated rings. The van der Waals surface area contributed by atoms with Crippen LogP contribution in [-0.2, 0) is 14.3 Å². The Kier molecular flexibility index (Phi) is 12.7. The maximum Gasteiger partial charge on any atom is 0.224 e. The highest BCUT2D eigenvalue weighted by Crippen LogP contribution is 2.33. The molecule has 0 bridgehead atoms. The van der Waals surface area contributed by atoms with Crippen LogP contribution in [0.15, 0.2) is 24.3 Å². The molecule has 2 rings (SSSR count). The van der Waals surface area contributed by atoms with Crippen LogP contribution in [0.25, 0.3) is 0 Å². The number of para-hydroxylation sites is 2. The predicted octanol–water partition coefficient (Wildman–Crippen LogP) is 1.98. The van der Waals surface area contributed by atoms with Gasteiger partial charge in [0.2, 0.25) is 11.8 Å². The van der Waals surface area contributed by atoms with Gasteiger partial charge in [0.1, 0.15) is 5.75 Å². The molecule has 0 aliphatic carbocycles. The maximum atomic E-state index is 13.0. The molecule has 1 heterocycles. The van der Waals surface area contributed by atoms with Crippen molar-refractivity contribution in [3.63, 3.8) is 0 Å². The molecule has 228 valence electrons. The predicted molar refractivity (Wildman–Crippen MR) is 159 cm³/mol. The number of nitrogens with two attached hydrogens (primary N) is 2. The van der Waals surface area contributed by atoms with E-state index in [1.54, 1.807) is 21.0 Å². The normalized spacial score (nSPS) is 18.3. The van der Waals surface area contributed by atoms with Gasteiger partial charge >= 0.3 is 0 Å². The van der Waals surface area contributed by atoms with Crippen LogP contribution in [0.5, 0.6) is 5.75 Å². The lowest BCUT2D eigenvalue weighted by molar-refractivity contribution is -0.130. The molecule has 0 aromatic heterocycles. The van der Waals surface area contributed by atoms with Gasteiger partial charge in [-0.25, -0.2) is 0 Å². The van der Waals surface area contributed by atoms with Gasteiger partial charge in [-0.3, -0.25) is 14.5 Å². The molecule has 2 amide bonds. The quantitative estimate of drug-likeness (QED) is 0.224. The smallest absolute Gasteiger partial charge is 0.224 e. The van der Waals surface area contributed by atoms with Gasteiger partial charge in [0.25, 0.3) is 0 Å². The molecule has 6 N–H and O–H groups in total. The molecule has 10 nitrogen and oxygen atoms in total. The largest absolute Gasteiger partial charge is 0.491 e. The third kappa shape index (κ3) is 9.61. The van der Waals surface area contributed by atoms with Crippen molar-refractivity contribution in [1.29, 1.82) is 0 Å². The number of methoxy groups -OCH3 is 1. The number of aliphatic hydroxyl groups excluding tert-OH is 1. The molecule has 1 saturated heterocycles. The van der Waals surface area contributed by atoms with Crippen LogP contribution >= 0.6 is 0 Å². The van der Waals surface area contributed by atoms with E-state index in [0.717, 1.165) is 37.5 Å². The molecule has 0 radical (unpaired) electrons. The summed E-state index contributed by atoms with van der Waals surface area (Å²) in [5, 5.41) is 13.9. The summed E-state index contributed by atoms with van der Waals surface area (Å²) in [5.41, 5.74) is 12.0. The Bertz CT molecular complexity index is 954. The lowest BCUT2D eigenvalue weighted by Crippen LogP contribution is -2.62. The number of hydrogen-bond acceptors (Lipinski definition) is 8. The zero-order chi connectivity index (χ0) is 30.1. The number of hydrogen-bond donors (Lipinski definition) is 4. The molecule has 0 saturated carbocycles. The Labute approximate surface area is 240 Å². The Balaban J connectivity index is 1.98. The van der Waals surface area contributed by atoms with Gasteiger partial charge in [-0.2, -0.15) is 0 Å². The average molecular weight is 564 g/mol. The first-order valence-corrected chi connectivity index (χ1v) is 14.4. The summed E-state index contributed by atoms with van der Waals surface area (Å²) in [4.78, 5) is 29.2. The summed E-state index contributed by atoms with van der Waals surface area (Å²) in [5.74, 6) is -0.248. The Hall–Kier alpha value is -2.40. The van der Waals surface area contributed by atoms with Gasteiger partial charge in [0.05, 0.1) is 23.8 Å². The van der Waals surface area contributed by atoms with E-state index in [2.05, 4.69) is 35.0 Å². The first-order chi connectivity index (χ1) is 18.7. The first-order valence-electron chi connectivity index (χ1n) is 14.4. The van der Waals surface area contributed by atoms with Crippen molar-refractivity contribution < 1.29 is 24.2 Å². The van der Waals surface area contributed by atoms with Crippen molar-refractivity contribution in [3.8, 4) is 5.75 Å². The van der Waals surface area contributed by atoms with Crippen molar-refractivity contribution in [3.05, 3.63) is 24.3 Å². The summed E-state index contributed by atoms with van der Waals surface area (Å²) in [7, 11) is 1.69. The minimum absolute atomic E-state index is 0.00434. The molecule has 10 heteroatoms. The molecule has 0 unspecified atom stereocenters. The molecule has 1 aromatic rings. The second kappa shape index (κ2) is 15.0. The summed E-state index contributed by atoms with van der Waals surface area (Å²) >= 11 is 0. The van der Waals surface area contributed by atoms with Crippen molar-refractivity contribution >= 4 is 17.5 Å². The van der Waals surface area contributed by atoms with E-state index < -0.39 is 29.4 Å². The van der Waals surface area contributed by atoms with Crippen LogP contribution < -0.4 is 26.4 Å². The summed E-state index contributed by atoms with van der Waals surface area (Å²) in [6.45, 7) is 15.9. The third-order valence-electron chi connectivity index (χ3n) is 7.96. The highest BCUT2D eigenvalue weighted by Gasteiger charge is 2.37. The lowest BCUT2D eigenvalue weighted by atomic mass is 9.86. The van der Waals surface area contributed by atoms with Gasteiger partial charge in [-0.15, -0.1) is 0 Å². The van der Waals surface area contributed by atoms with Crippen molar-refractivity contribution in [1.82, 2.24) is 10.2 Å². The highest BCUT2D eigenvalue weighted by molar-refractivity contribution is 5.83. The van der Waals surface area contributed by atoms with Gasteiger partial charge in [-0.1, -0.05) is 26.0 Å². The number of piperazine rings is 1. The number of anilines is 1. The second-order valence-corrected chi connectivity index (χ2v) is 12.6. The summed E-state index contributed by atoms with van der Waals surface area (Å²) < 4.78 is 11.2. The van der Waals surface area contributed by atoms with E-state index in [1.807, 2.05) is 32.0 Å². The molecule has 3 atom stereocenters. The Morgan fingerprint density at radius 3 is 2.45 bits per heavy atom. The van der Waals surface area contributed by atoms with Gasteiger partial charge in [0.15, 0.2) is 0 Å². The van der Waals surface area contributed by atoms with Crippen LogP contribution in [0.4, 0.5) is 5.69 Å². The van der Waals surface area contributed by atoms with Crippen LogP contribution in [0.3, 0.4) is 0 Å². The molecule has 40 heavy (non-hydrogen) atoms. The van der Waals surface area contributed by atoms with Crippen LogP contribution in [-0.4, -0.2) is 92.6 Å². The second-order valence-electron chi connectivity index (χ2n) is 12.6. The van der Waals surface area contributed by atoms with Crippen molar-refractivity contribution in [2.24, 2.45) is 28.7 Å². The fourth-order valence-electron chi connectivity index (χ4n) is 4.98. The average Bonchev–Trinajstić information content (AvgIpc) is 2.89. The van der Waals surface area contributed by atoms with Gasteiger partial charge in [0, 0.05) is 70.4 Å². The van der Waals surface area contributed by atoms with E-state index in [9.17, 15) is 14.7 Å². The highest BCUT2D eigenvalue weighted by atomic mass is 16.5. The summed E-state index contributed by atoms with van der Waals surface area (Å²) in [6, 6.07) is 7.59. The van der Waals surface area contributed by atoms with Crippen molar-refractivity contribution in [2.75, 3.05) is 57.9 Å². The standard InChI is InChI=1S/C30H53N5O5/c1-21(2)22(27(37)33-19-29(3,4)28(32)38)17-25(36)23(31)18-35-14-13-34(20-30(35,5)6)24-11-8-9-12-26(24)40-16-10-15-39-7/h8-9,11-12,21-23,25,36H,10,13-20,31H2,1-7H3,(H2,32,38)(H,33,37)/t22-,23-,25-/m0/s1. The van der Waals surface area contributed by atoms with Crippen LogP contribution in [0, 0.1) is 17.3 Å². The number of amides is 2. The maximum absolute atomic E-state index is 13.0. The molecular weight excluding hydrogens is 510 g/mol.